The van der Waals surface area contributed by atoms with Crippen molar-refractivity contribution in [2.24, 2.45) is 0 Å². The topological polar surface area (TPSA) is 60.7 Å². The van der Waals surface area contributed by atoms with E-state index in [1.165, 1.54) is 36.4 Å². The standard InChI is InChI=1S/C15H10F2N4O/c16-11-5-3-4-10(8-11)15-18-20-21(19-15)9-14(22)12-6-1-2-7-13(12)17/h1-8H,9H2. The molecule has 0 aliphatic rings. The number of aromatic nitrogens is 4. The minimum atomic E-state index is -0.599. The fourth-order valence-electron chi connectivity index (χ4n) is 1.95. The smallest absolute Gasteiger partial charge is 0.205 e. The van der Waals surface area contributed by atoms with Gasteiger partial charge in [-0.05, 0) is 29.5 Å². The number of tetrazole rings is 1. The molecule has 3 aromatic rings. The third-order valence-electron chi connectivity index (χ3n) is 2.99. The Bertz CT molecular complexity index is 832. The fourth-order valence-corrected chi connectivity index (χ4v) is 1.95. The van der Waals surface area contributed by atoms with Gasteiger partial charge in [-0.1, -0.05) is 24.3 Å². The van der Waals surface area contributed by atoms with E-state index in [9.17, 15) is 13.6 Å². The van der Waals surface area contributed by atoms with Crippen LogP contribution in [0.2, 0.25) is 0 Å². The van der Waals surface area contributed by atoms with Crippen molar-refractivity contribution < 1.29 is 13.6 Å². The summed E-state index contributed by atoms with van der Waals surface area (Å²) in [4.78, 5) is 13.1. The van der Waals surface area contributed by atoms with E-state index in [1.54, 1.807) is 12.1 Å². The summed E-state index contributed by atoms with van der Waals surface area (Å²) in [5.41, 5.74) is 0.414. The molecule has 0 saturated heterocycles. The van der Waals surface area contributed by atoms with Gasteiger partial charge in [0.25, 0.3) is 0 Å². The number of benzene rings is 2. The lowest BCUT2D eigenvalue weighted by Gasteiger charge is -2.00. The van der Waals surface area contributed by atoms with Crippen LogP contribution in [0.15, 0.2) is 48.5 Å². The molecule has 7 heteroatoms. The van der Waals surface area contributed by atoms with E-state index in [0.717, 1.165) is 4.80 Å². The Morgan fingerprint density at radius 2 is 1.91 bits per heavy atom. The molecule has 1 heterocycles. The molecule has 0 spiro atoms. The Hall–Kier alpha value is -2.96. The van der Waals surface area contributed by atoms with Crippen LogP contribution in [0.4, 0.5) is 8.78 Å². The molecule has 0 bridgehead atoms. The van der Waals surface area contributed by atoms with Crippen LogP contribution < -0.4 is 0 Å². The molecule has 0 unspecified atom stereocenters. The Labute approximate surface area is 124 Å². The number of carbonyl (C=O) groups excluding carboxylic acids is 1. The summed E-state index contributed by atoms with van der Waals surface area (Å²) in [5, 5.41) is 11.5. The molecule has 110 valence electrons. The van der Waals surface area contributed by atoms with Crippen molar-refractivity contribution in [1.29, 1.82) is 0 Å². The quantitative estimate of drug-likeness (QED) is 0.695. The highest BCUT2D eigenvalue weighted by Crippen LogP contribution is 2.14. The first-order valence-electron chi connectivity index (χ1n) is 6.45. The molecule has 2 aromatic carbocycles. The van der Waals surface area contributed by atoms with E-state index in [1.807, 2.05) is 0 Å². The number of hydrogen-bond acceptors (Lipinski definition) is 4. The maximum atomic E-state index is 13.5. The summed E-state index contributed by atoms with van der Waals surface area (Å²) < 4.78 is 26.7. The van der Waals surface area contributed by atoms with Gasteiger partial charge in [0.15, 0.2) is 5.78 Å². The van der Waals surface area contributed by atoms with Crippen LogP contribution in [-0.2, 0) is 6.54 Å². The second-order valence-corrected chi connectivity index (χ2v) is 4.56. The highest BCUT2D eigenvalue weighted by Gasteiger charge is 2.14. The van der Waals surface area contributed by atoms with E-state index in [-0.39, 0.29) is 17.9 Å². The highest BCUT2D eigenvalue weighted by atomic mass is 19.1. The van der Waals surface area contributed by atoms with Crippen molar-refractivity contribution >= 4 is 5.78 Å². The molecule has 0 amide bonds. The van der Waals surface area contributed by atoms with Gasteiger partial charge in [0.05, 0.1) is 5.56 Å². The zero-order valence-electron chi connectivity index (χ0n) is 11.3. The van der Waals surface area contributed by atoms with E-state index in [0.29, 0.717) is 5.56 Å². The Morgan fingerprint density at radius 1 is 1.09 bits per heavy atom. The molecule has 0 N–H and O–H groups in total. The first kappa shape index (κ1) is 14.0. The maximum Gasteiger partial charge on any atom is 0.205 e. The molecule has 22 heavy (non-hydrogen) atoms. The number of nitrogens with zero attached hydrogens (tertiary/aromatic N) is 4. The summed E-state index contributed by atoms with van der Waals surface area (Å²) in [6, 6.07) is 11.4. The van der Waals surface area contributed by atoms with Crippen LogP contribution in [0.5, 0.6) is 0 Å². The van der Waals surface area contributed by atoms with Gasteiger partial charge in [-0.3, -0.25) is 4.79 Å². The number of carbonyl (C=O) groups is 1. The molecule has 0 radical (unpaired) electrons. The lowest BCUT2D eigenvalue weighted by molar-refractivity contribution is 0.0957. The van der Waals surface area contributed by atoms with Gasteiger partial charge in [-0.2, -0.15) is 4.80 Å². The van der Waals surface area contributed by atoms with Crippen LogP contribution in [0.3, 0.4) is 0 Å². The first-order valence-corrected chi connectivity index (χ1v) is 6.45. The van der Waals surface area contributed by atoms with Crippen LogP contribution in [0.25, 0.3) is 11.4 Å². The van der Waals surface area contributed by atoms with Crippen LogP contribution >= 0.6 is 0 Å². The Balaban J connectivity index is 1.80. The lowest BCUT2D eigenvalue weighted by atomic mass is 10.1. The second-order valence-electron chi connectivity index (χ2n) is 4.56. The molecule has 0 aliphatic carbocycles. The normalized spacial score (nSPS) is 10.6. The van der Waals surface area contributed by atoms with Gasteiger partial charge in [-0.25, -0.2) is 8.78 Å². The molecule has 5 nitrogen and oxygen atoms in total. The molecule has 1 aromatic heterocycles. The molecule has 0 atom stereocenters. The van der Waals surface area contributed by atoms with Crippen molar-refractivity contribution in [3.63, 3.8) is 0 Å². The molecule has 0 fully saturated rings. The van der Waals surface area contributed by atoms with Crippen molar-refractivity contribution in [2.75, 3.05) is 0 Å². The lowest BCUT2D eigenvalue weighted by Crippen LogP contribution is -2.14. The van der Waals surface area contributed by atoms with Crippen LogP contribution in [0, 0.1) is 11.6 Å². The molecular formula is C15H10F2N4O. The van der Waals surface area contributed by atoms with Crippen molar-refractivity contribution in [1.82, 2.24) is 20.2 Å². The predicted molar refractivity (Wildman–Crippen MR) is 73.9 cm³/mol. The van der Waals surface area contributed by atoms with E-state index < -0.39 is 17.4 Å². The van der Waals surface area contributed by atoms with Gasteiger partial charge in [0.1, 0.15) is 18.2 Å². The van der Waals surface area contributed by atoms with Crippen molar-refractivity contribution in [3.8, 4) is 11.4 Å². The third-order valence-corrected chi connectivity index (χ3v) is 2.99. The summed E-state index contributed by atoms with van der Waals surface area (Å²) in [6.45, 7) is -0.247. The summed E-state index contributed by atoms with van der Waals surface area (Å²) in [7, 11) is 0. The van der Waals surface area contributed by atoms with Crippen LogP contribution in [-0.4, -0.2) is 26.0 Å². The number of halogens is 2. The van der Waals surface area contributed by atoms with E-state index in [4.69, 9.17) is 0 Å². The highest BCUT2D eigenvalue weighted by molar-refractivity contribution is 5.96. The minimum absolute atomic E-state index is 0.0351. The zero-order valence-corrected chi connectivity index (χ0v) is 11.3. The van der Waals surface area contributed by atoms with E-state index >= 15 is 0 Å². The molecule has 0 aliphatic heterocycles. The number of Topliss-reactive ketones (excluding diaryl/α,β-unsaturated/α-hetero) is 1. The second kappa shape index (κ2) is 5.80. The Kier molecular flexibility index (Phi) is 3.69. The van der Waals surface area contributed by atoms with Gasteiger partial charge in [0, 0.05) is 5.56 Å². The van der Waals surface area contributed by atoms with Gasteiger partial charge in [0.2, 0.25) is 5.82 Å². The SMILES string of the molecule is O=C(Cn1nnc(-c2cccc(F)c2)n1)c1ccccc1F. The third kappa shape index (κ3) is 2.88. The molecular weight excluding hydrogens is 290 g/mol. The van der Waals surface area contributed by atoms with Gasteiger partial charge in [-0.15, -0.1) is 10.2 Å². The average Bonchev–Trinajstić information content (AvgIpc) is 2.96. The molecule has 0 saturated carbocycles. The molecule has 3 rings (SSSR count). The van der Waals surface area contributed by atoms with Gasteiger partial charge >= 0.3 is 0 Å². The number of hydrogen-bond donors (Lipinski definition) is 0. The van der Waals surface area contributed by atoms with Gasteiger partial charge < -0.3 is 0 Å². The number of ketones is 1. The predicted octanol–water partition coefficient (Wildman–Crippen LogP) is 2.50. The van der Waals surface area contributed by atoms with Crippen molar-refractivity contribution in [3.05, 3.63) is 65.7 Å². The average molecular weight is 300 g/mol. The van der Waals surface area contributed by atoms with Crippen molar-refractivity contribution in [2.45, 2.75) is 6.54 Å². The first-order chi connectivity index (χ1) is 10.6. The monoisotopic (exact) mass is 300 g/mol. The summed E-state index contributed by atoms with van der Waals surface area (Å²) in [6.07, 6.45) is 0. The maximum absolute atomic E-state index is 13.5. The zero-order chi connectivity index (χ0) is 15.5. The van der Waals surface area contributed by atoms with E-state index in [2.05, 4.69) is 15.4 Å². The summed E-state index contributed by atoms with van der Waals surface area (Å²) >= 11 is 0. The fraction of sp³-hybridized carbons (Fsp3) is 0.0667. The largest absolute Gasteiger partial charge is 0.292 e. The summed E-state index contributed by atoms with van der Waals surface area (Å²) in [5.74, 6) is -1.30. The number of rotatable bonds is 4. The minimum Gasteiger partial charge on any atom is -0.292 e. The van der Waals surface area contributed by atoms with Crippen LogP contribution in [0.1, 0.15) is 10.4 Å². The Morgan fingerprint density at radius 3 is 2.68 bits per heavy atom.